The molecule has 1 heterocycles. The van der Waals surface area contributed by atoms with Gasteiger partial charge in [0.25, 0.3) is 0 Å². The van der Waals surface area contributed by atoms with E-state index >= 15 is 0 Å². The lowest BCUT2D eigenvalue weighted by Crippen LogP contribution is -1.99. The van der Waals surface area contributed by atoms with Crippen molar-refractivity contribution in [2.24, 2.45) is 0 Å². The second kappa shape index (κ2) is 5.38. The van der Waals surface area contributed by atoms with E-state index in [2.05, 4.69) is 23.3 Å². The molecule has 0 amide bonds. The quantitative estimate of drug-likeness (QED) is 0.736. The van der Waals surface area contributed by atoms with E-state index in [0.717, 1.165) is 20.9 Å². The third-order valence-corrected chi connectivity index (χ3v) is 4.24. The fraction of sp³-hybridized carbons (Fsp3) is 0.133. The summed E-state index contributed by atoms with van der Waals surface area (Å²) in [4.78, 5) is 4.51. The van der Waals surface area contributed by atoms with Crippen molar-refractivity contribution in [3.63, 3.8) is 0 Å². The molecule has 5 heteroatoms. The largest absolute Gasteiger partial charge is 0.357 e. The lowest BCUT2D eigenvalue weighted by Gasteiger charge is -2.03. The van der Waals surface area contributed by atoms with Gasteiger partial charge in [0.15, 0.2) is 5.13 Å². The van der Waals surface area contributed by atoms with Gasteiger partial charge in [-0.1, -0.05) is 35.1 Å². The summed E-state index contributed by atoms with van der Waals surface area (Å²) in [6.07, 6.45) is 0. The molecular weight excluding hydrogens is 295 g/mol. The molecule has 0 aliphatic carbocycles. The normalized spacial score (nSPS) is 10.9. The maximum absolute atomic E-state index is 13.1. The Morgan fingerprint density at radius 1 is 1.25 bits per heavy atom. The van der Waals surface area contributed by atoms with Crippen molar-refractivity contribution in [1.82, 2.24) is 4.98 Å². The fourth-order valence-corrected chi connectivity index (χ4v) is 3.10. The van der Waals surface area contributed by atoms with Gasteiger partial charge < -0.3 is 5.32 Å². The topological polar surface area (TPSA) is 24.9 Å². The first-order valence-electron chi connectivity index (χ1n) is 6.17. The molecule has 0 saturated carbocycles. The smallest absolute Gasteiger partial charge is 0.184 e. The van der Waals surface area contributed by atoms with Crippen LogP contribution in [0.2, 0.25) is 5.02 Å². The second-order valence-electron chi connectivity index (χ2n) is 4.59. The van der Waals surface area contributed by atoms with Crippen LogP contribution in [0.5, 0.6) is 0 Å². The van der Waals surface area contributed by atoms with Gasteiger partial charge in [-0.05, 0) is 42.3 Å². The zero-order chi connectivity index (χ0) is 14.1. The first kappa shape index (κ1) is 13.3. The predicted octanol–water partition coefficient (Wildman–Crippen LogP) is 5.01. The molecule has 3 aromatic rings. The molecule has 2 aromatic carbocycles. The third-order valence-electron chi connectivity index (χ3n) is 2.97. The van der Waals surface area contributed by atoms with Gasteiger partial charge in [0, 0.05) is 6.54 Å². The SMILES string of the molecule is Cc1ccc2nc(NCc3ccc(F)c(Cl)c3)sc2c1. The fourth-order valence-electron chi connectivity index (χ4n) is 1.93. The number of fused-ring (bicyclic) bond motifs is 1. The molecule has 0 saturated heterocycles. The van der Waals surface area contributed by atoms with Crippen LogP contribution >= 0.6 is 22.9 Å². The highest BCUT2D eigenvalue weighted by Crippen LogP contribution is 2.27. The van der Waals surface area contributed by atoms with E-state index in [1.165, 1.54) is 11.6 Å². The molecular formula is C15H12ClFN2S. The molecule has 1 N–H and O–H groups in total. The lowest BCUT2D eigenvalue weighted by atomic mass is 10.2. The van der Waals surface area contributed by atoms with Gasteiger partial charge in [-0.15, -0.1) is 0 Å². The van der Waals surface area contributed by atoms with Crippen molar-refractivity contribution in [1.29, 1.82) is 0 Å². The van der Waals surface area contributed by atoms with Crippen LogP contribution in [0.3, 0.4) is 0 Å². The predicted molar refractivity (Wildman–Crippen MR) is 83.1 cm³/mol. The zero-order valence-electron chi connectivity index (χ0n) is 10.8. The zero-order valence-corrected chi connectivity index (χ0v) is 12.4. The van der Waals surface area contributed by atoms with E-state index in [0.29, 0.717) is 6.54 Å². The Kier molecular flexibility index (Phi) is 3.59. The second-order valence-corrected chi connectivity index (χ2v) is 6.03. The van der Waals surface area contributed by atoms with E-state index in [-0.39, 0.29) is 5.02 Å². The average Bonchev–Trinajstić information content (AvgIpc) is 2.82. The minimum absolute atomic E-state index is 0.143. The molecule has 3 rings (SSSR count). The summed E-state index contributed by atoms with van der Waals surface area (Å²) in [6.45, 7) is 2.63. The summed E-state index contributed by atoms with van der Waals surface area (Å²) in [6, 6.07) is 10.9. The minimum atomic E-state index is -0.397. The molecule has 0 fully saturated rings. The number of benzene rings is 2. The number of nitrogens with one attached hydrogen (secondary N) is 1. The van der Waals surface area contributed by atoms with Crippen LogP contribution in [0.15, 0.2) is 36.4 Å². The number of hydrogen-bond acceptors (Lipinski definition) is 3. The monoisotopic (exact) mass is 306 g/mol. The maximum Gasteiger partial charge on any atom is 0.184 e. The van der Waals surface area contributed by atoms with E-state index < -0.39 is 5.82 Å². The Labute approximate surface area is 125 Å². The summed E-state index contributed by atoms with van der Waals surface area (Å²) in [5.41, 5.74) is 3.13. The van der Waals surface area contributed by atoms with Gasteiger partial charge in [-0.25, -0.2) is 9.37 Å². The molecule has 0 unspecified atom stereocenters. The van der Waals surface area contributed by atoms with Crippen molar-refractivity contribution in [3.05, 3.63) is 58.4 Å². The van der Waals surface area contributed by atoms with E-state index in [4.69, 9.17) is 11.6 Å². The third kappa shape index (κ3) is 2.76. The van der Waals surface area contributed by atoms with Crippen molar-refractivity contribution >= 4 is 38.3 Å². The number of hydrogen-bond donors (Lipinski definition) is 1. The van der Waals surface area contributed by atoms with Gasteiger partial charge in [-0.2, -0.15) is 0 Å². The summed E-state index contributed by atoms with van der Waals surface area (Å²) in [7, 11) is 0. The van der Waals surface area contributed by atoms with Crippen LogP contribution in [0.4, 0.5) is 9.52 Å². The van der Waals surface area contributed by atoms with Crippen molar-refractivity contribution < 1.29 is 4.39 Å². The van der Waals surface area contributed by atoms with Crippen LogP contribution < -0.4 is 5.32 Å². The molecule has 0 aliphatic rings. The molecule has 102 valence electrons. The maximum atomic E-state index is 13.1. The van der Waals surface area contributed by atoms with Crippen LogP contribution in [0, 0.1) is 12.7 Å². The van der Waals surface area contributed by atoms with Gasteiger partial charge in [-0.3, -0.25) is 0 Å². The van der Waals surface area contributed by atoms with Gasteiger partial charge in [0.2, 0.25) is 0 Å². The Balaban J connectivity index is 1.77. The summed E-state index contributed by atoms with van der Waals surface area (Å²) >= 11 is 7.37. The number of aromatic nitrogens is 1. The van der Waals surface area contributed by atoms with Crippen LogP contribution in [-0.4, -0.2) is 4.98 Å². The molecule has 0 aliphatic heterocycles. The first-order valence-corrected chi connectivity index (χ1v) is 7.36. The summed E-state index contributed by atoms with van der Waals surface area (Å²) in [5.74, 6) is -0.397. The minimum Gasteiger partial charge on any atom is -0.357 e. The molecule has 1 aromatic heterocycles. The van der Waals surface area contributed by atoms with E-state index in [9.17, 15) is 4.39 Å². The molecule has 2 nitrogen and oxygen atoms in total. The highest BCUT2D eigenvalue weighted by molar-refractivity contribution is 7.22. The van der Waals surface area contributed by atoms with Gasteiger partial charge in [0.1, 0.15) is 5.82 Å². The molecule has 20 heavy (non-hydrogen) atoms. The number of thiazole rings is 1. The number of rotatable bonds is 3. The van der Waals surface area contributed by atoms with Crippen molar-refractivity contribution in [3.8, 4) is 0 Å². The van der Waals surface area contributed by atoms with Crippen LogP contribution in [-0.2, 0) is 6.54 Å². The first-order chi connectivity index (χ1) is 9.61. The van der Waals surface area contributed by atoms with Crippen molar-refractivity contribution in [2.45, 2.75) is 13.5 Å². The van der Waals surface area contributed by atoms with Crippen molar-refractivity contribution in [2.75, 3.05) is 5.32 Å². The Morgan fingerprint density at radius 3 is 2.90 bits per heavy atom. The average molecular weight is 307 g/mol. The lowest BCUT2D eigenvalue weighted by molar-refractivity contribution is 0.627. The Morgan fingerprint density at radius 2 is 2.10 bits per heavy atom. The number of aryl methyl sites for hydroxylation is 1. The standard InChI is InChI=1S/C15H12ClFN2S/c1-9-2-5-13-14(6-9)20-15(19-13)18-8-10-3-4-12(17)11(16)7-10/h2-7H,8H2,1H3,(H,18,19). The molecule has 0 radical (unpaired) electrons. The summed E-state index contributed by atoms with van der Waals surface area (Å²) in [5, 5.41) is 4.24. The van der Waals surface area contributed by atoms with E-state index in [1.54, 1.807) is 23.5 Å². The molecule has 0 bridgehead atoms. The van der Waals surface area contributed by atoms with Crippen LogP contribution in [0.25, 0.3) is 10.2 Å². The number of nitrogens with zero attached hydrogens (tertiary/aromatic N) is 1. The van der Waals surface area contributed by atoms with Gasteiger partial charge in [0.05, 0.1) is 15.2 Å². The highest BCUT2D eigenvalue weighted by atomic mass is 35.5. The number of halogens is 2. The van der Waals surface area contributed by atoms with E-state index in [1.807, 2.05) is 12.1 Å². The number of anilines is 1. The highest BCUT2D eigenvalue weighted by Gasteiger charge is 2.05. The Bertz CT molecular complexity index is 770. The molecule has 0 spiro atoms. The Hall–Kier alpha value is -1.65. The van der Waals surface area contributed by atoms with Gasteiger partial charge >= 0.3 is 0 Å². The molecule has 0 atom stereocenters. The van der Waals surface area contributed by atoms with Crippen LogP contribution in [0.1, 0.15) is 11.1 Å². The summed E-state index contributed by atoms with van der Waals surface area (Å²) < 4.78 is 14.2.